The molecule has 0 spiro atoms. The second-order valence-corrected chi connectivity index (χ2v) is 9.03. The zero-order valence-electron chi connectivity index (χ0n) is 17.9. The molecule has 1 atom stereocenters. The van der Waals surface area contributed by atoms with Gasteiger partial charge in [-0.25, -0.2) is 0 Å². The van der Waals surface area contributed by atoms with Gasteiger partial charge in [0, 0.05) is 25.4 Å². The molecule has 0 aliphatic carbocycles. The molecule has 1 aromatic heterocycles. The predicted octanol–water partition coefficient (Wildman–Crippen LogP) is 3.61. The summed E-state index contributed by atoms with van der Waals surface area (Å²) < 4.78 is 2.23. The maximum atomic E-state index is 13.0. The number of likely N-dealkylation sites (tertiary alicyclic amines) is 1. The summed E-state index contributed by atoms with van der Waals surface area (Å²) in [6.45, 7) is 11.0. The first-order chi connectivity index (χ1) is 14.0. The van der Waals surface area contributed by atoms with E-state index >= 15 is 0 Å². The molecule has 1 fully saturated rings. The average Bonchev–Trinajstić information content (AvgIpc) is 3.15. The maximum Gasteiger partial charge on any atom is 0.223 e. The minimum Gasteiger partial charge on any atom is -0.333 e. The Hall–Kier alpha value is -2.21. The van der Waals surface area contributed by atoms with Crippen molar-refractivity contribution in [3.05, 3.63) is 47.5 Å². The Bertz CT molecular complexity index is 823. The van der Waals surface area contributed by atoms with E-state index in [1.807, 2.05) is 4.90 Å². The number of hydrogen-bond acceptors (Lipinski definition) is 4. The summed E-state index contributed by atoms with van der Waals surface area (Å²) in [5.74, 6) is 3.08. The summed E-state index contributed by atoms with van der Waals surface area (Å²) in [4.78, 5) is 17.5. The number of hydrogen-bond donors (Lipinski definition) is 0. The minimum atomic E-state index is 0.239. The highest BCUT2D eigenvalue weighted by atomic mass is 16.2. The normalized spacial score (nSPS) is 20.8. The highest BCUT2D eigenvalue weighted by Gasteiger charge is 2.31. The van der Waals surface area contributed by atoms with Gasteiger partial charge >= 0.3 is 0 Å². The third-order valence-corrected chi connectivity index (χ3v) is 6.34. The van der Waals surface area contributed by atoms with Gasteiger partial charge in [-0.15, -0.1) is 10.2 Å². The number of carbonyl (C=O) groups excluding carboxylic acids is 1. The first-order valence-electron chi connectivity index (χ1n) is 11.0. The fourth-order valence-electron chi connectivity index (χ4n) is 4.71. The topological polar surface area (TPSA) is 54.3 Å². The highest BCUT2D eigenvalue weighted by Crippen LogP contribution is 2.28. The lowest BCUT2D eigenvalue weighted by Gasteiger charge is -2.35. The number of aromatic nitrogens is 3. The number of rotatable bonds is 5. The Balaban J connectivity index is 1.29. The lowest BCUT2D eigenvalue weighted by atomic mass is 9.92. The van der Waals surface area contributed by atoms with Crippen molar-refractivity contribution < 1.29 is 4.79 Å². The van der Waals surface area contributed by atoms with Crippen LogP contribution >= 0.6 is 0 Å². The molecule has 4 rings (SSSR count). The van der Waals surface area contributed by atoms with Crippen LogP contribution in [0.3, 0.4) is 0 Å². The fraction of sp³-hybridized carbons (Fsp3) is 0.609. The van der Waals surface area contributed by atoms with Crippen molar-refractivity contribution in [1.82, 2.24) is 24.6 Å². The molecule has 6 nitrogen and oxygen atoms in total. The minimum absolute atomic E-state index is 0.239. The van der Waals surface area contributed by atoms with Crippen LogP contribution < -0.4 is 0 Å². The van der Waals surface area contributed by atoms with E-state index in [0.717, 1.165) is 50.7 Å². The van der Waals surface area contributed by atoms with Crippen LogP contribution in [0.25, 0.3) is 0 Å². The number of benzene rings is 1. The first kappa shape index (κ1) is 20.1. The predicted molar refractivity (Wildman–Crippen MR) is 113 cm³/mol. The largest absolute Gasteiger partial charge is 0.333 e. The molecule has 0 bridgehead atoms. The second-order valence-electron chi connectivity index (χ2n) is 9.03. The number of carbonyl (C=O) groups is 1. The molecule has 6 heteroatoms. The summed E-state index contributed by atoms with van der Waals surface area (Å²) in [6.07, 6.45) is 2.88. The van der Waals surface area contributed by atoms with Crippen molar-refractivity contribution in [3.8, 4) is 0 Å². The van der Waals surface area contributed by atoms with Gasteiger partial charge in [-0.3, -0.25) is 9.69 Å². The van der Waals surface area contributed by atoms with Crippen LogP contribution in [-0.2, 0) is 17.9 Å². The lowest BCUT2D eigenvalue weighted by molar-refractivity contribution is -0.134. The Morgan fingerprint density at radius 1 is 1.14 bits per heavy atom. The van der Waals surface area contributed by atoms with Crippen LogP contribution in [0.1, 0.15) is 69.2 Å². The Morgan fingerprint density at radius 3 is 2.55 bits per heavy atom. The van der Waals surface area contributed by atoms with Gasteiger partial charge in [0.15, 0.2) is 5.82 Å². The molecule has 2 aromatic rings. The number of nitrogens with zero attached hydrogens (tertiary/aromatic N) is 5. The average molecular weight is 396 g/mol. The van der Waals surface area contributed by atoms with Gasteiger partial charge in [0.05, 0.1) is 12.6 Å². The molecule has 1 amide bonds. The third kappa shape index (κ3) is 4.53. The van der Waals surface area contributed by atoms with Crippen molar-refractivity contribution in [1.29, 1.82) is 0 Å². The second kappa shape index (κ2) is 8.66. The first-order valence-corrected chi connectivity index (χ1v) is 11.0. The number of piperidine rings is 1. The van der Waals surface area contributed by atoms with Gasteiger partial charge < -0.3 is 9.47 Å². The van der Waals surface area contributed by atoms with Crippen LogP contribution in [0.4, 0.5) is 0 Å². The van der Waals surface area contributed by atoms with E-state index in [2.05, 4.69) is 70.8 Å². The molecule has 2 aliphatic rings. The van der Waals surface area contributed by atoms with Crippen molar-refractivity contribution in [2.45, 2.75) is 65.1 Å². The fourth-order valence-corrected chi connectivity index (χ4v) is 4.71. The van der Waals surface area contributed by atoms with Crippen molar-refractivity contribution in [2.75, 3.05) is 19.6 Å². The molecule has 156 valence electrons. The van der Waals surface area contributed by atoms with E-state index in [4.69, 9.17) is 0 Å². The standard InChI is InChI=1S/C23H33N5O/c1-17(2)23-25-24-21-16-27(14-18(3)28(21)23)22(29)13-19-9-11-26(12-10-19)15-20-7-5-4-6-8-20/h4-8,17-19H,9-16H2,1-3H3/t18-/m0/s1. The molecule has 29 heavy (non-hydrogen) atoms. The van der Waals surface area contributed by atoms with Crippen LogP contribution in [0, 0.1) is 5.92 Å². The Labute approximate surface area is 173 Å². The van der Waals surface area contributed by atoms with Gasteiger partial charge in [0.25, 0.3) is 0 Å². The van der Waals surface area contributed by atoms with Crippen LogP contribution in [0.2, 0.25) is 0 Å². The molecule has 0 saturated carbocycles. The van der Waals surface area contributed by atoms with Gasteiger partial charge in [0.1, 0.15) is 5.82 Å². The zero-order chi connectivity index (χ0) is 20.4. The summed E-state index contributed by atoms with van der Waals surface area (Å²) in [5.41, 5.74) is 1.37. The monoisotopic (exact) mass is 395 g/mol. The molecule has 0 radical (unpaired) electrons. The van der Waals surface area contributed by atoms with E-state index < -0.39 is 0 Å². The van der Waals surface area contributed by atoms with Crippen molar-refractivity contribution >= 4 is 5.91 Å². The lowest BCUT2D eigenvalue weighted by Crippen LogP contribution is -2.42. The van der Waals surface area contributed by atoms with Gasteiger partial charge in [0.2, 0.25) is 5.91 Å². The summed E-state index contributed by atoms with van der Waals surface area (Å²) >= 11 is 0. The summed E-state index contributed by atoms with van der Waals surface area (Å²) in [6, 6.07) is 10.9. The Morgan fingerprint density at radius 2 is 1.86 bits per heavy atom. The SMILES string of the molecule is CC(C)c1nnc2n1[C@@H](C)CN(C(=O)CC1CCN(Cc3ccccc3)CC1)C2. The molecule has 1 aromatic carbocycles. The molecule has 1 saturated heterocycles. The van der Waals surface area contributed by atoms with Crippen molar-refractivity contribution in [2.24, 2.45) is 5.92 Å². The smallest absolute Gasteiger partial charge is 0.223 e. The molecular formula is C23H33N5O. The van der Waals surface area contributed by atoms with E-state index in [0.29, 0.717) is 24.8 Å². The molecule has 0 N–H and O–H groups in total. The molecule has 0 unspecified atom stereocenters. The van der Waals surface area contributed by atoms with Crippen LogP contribution in [0.15, 0.2) is 30.3 Å². The van der Waals surface area contributed by atoms with E-state index in [1.54, 1.807) is 0 Å². The van der Waals surface area contributed by atoms with E-state index in [-0.39, 0.29) is 11.9 Å². The molecular weight excluding hydrogens is 362 g/mol. The van der Waals surface area contributed by atoms with Gasteiger partial charge in [-0.05, 0) is 44.3 Å². The van der Waals surface area contributed by atoms with E-state index in [9.17, 15) is 4.79 Å². The maximum absolute atomic E-state index is 13.0. The number of amides is 1. The molecule has 3 heterocycles. The summed E-state index contributed by atoms with van der Waals surface area (Å²) in [7, 11) is 0. The van der Waals surface area contributed by atoms with Gasteiger partial charge in [-0.1, -0.05) is 44.2 Å². The van der Waals surface area contributed by atoms with E-state index in [1.165, 1.54) is 5.56 Å². The quantitative estimate of drug-likeness (QED) is 0.776. The zero-order valence-corrected chi connectivity index (χ0v) is 17.9. The third-order valence-electron chi connectivity index (χ3n) is 6.34. The van der Waals surface area contributed by atoms with Gasteiger partial charge in [-0.2, -0.15) is 0 Å². The Kier molecular flexibility index (Phi) is 5.99. The van der Waals surface area contributed by atoms with Crippen molar-refractivity contribution in [3.63, 3.8) is 0 Å². The van der Waals surface area contributed by atoms with Crippen LogP contribution in [0.5, 0.6) is 0 Å². The molecule has 2 aliphatic heterocycles. The van der Waals surface area contributed by atoms with Crippen LogP contribution in [-0.4, -0.2) is 50.1 Å². The highest BCUT2D eigenvalue weighted by molar-refractivity contribution is 5.76. The number of fused-ring (bicyclic) bond motifs is 1. The summed E-state index contributed by atoms with van der Waals surface area (Å²) in [5, 5.41) is 8.74.